The van der Waals surface area contributed by atoms with E-state index >= 15 is 0 Å². The Hall–Kier alpha value is -3.82. The Morgan fingerprint density at radius 1 is 0.629 bits per heavy atom. The van der Waals surface area contributed by atoms with Gasteiger partial charge in [-0.05, 0) is 50.2 Å². The van der Waals surface area contributed by atoms with Gasteiger partial charge >= 0.3 is 0 Å². The molecule has 9 nitrogen and oxygen atoms in total. The van der Waals surface area contributed by atoms with Gasteiger partial charge in [0.15, 0.2) is 34.7 Å². The Bertz CT molecular complexity index is 1180. The lowest BCUT2D eigenvalue weighted by Gasteiger charge is -2.08. The fourth-order valence-electron chi connectivity index (χ4n) is 4.16. The molecule has 2 aromatic rings. The standard InChI is InChI=1S/C26H22O9/c1-3-33-11-19(27)21-23(29)15-7-5-13(9-17(15)25(21)31)35-14-6-8-16-18(10-14)26(32)22(24(16)30)20(28)12-34-4-2/h5-10,21-22H,3-4,11-12H2,1-2H3. The van der Waals surface area contributed by atoms with Gasteiger partial charge in [0.1, 0.15) is 36.5 Å². The van der Waals surface area contributed by atoms with Crippen LogP contribution in [0.1, 0.15) is 55.3 Å². The second-order valence-electron chi connectivity index (χ2n) is 8.05. The molecule has 0 amide bonds. The van der Waals surface area contributed by atoms with E-state index in [2.05, 4.69) is 0 Å². The van der Waals surface area contributed by atoms with Crippen LogP contribution in [0.25, 0.3) is 0 Å². The first-order valence-electron chi connectivity index (χ1n) is 11.1. The zero-order valence-electron chi connectivity index (χ0n) is 19.1. The average Bonchev–Trinajstić information content (AvgIpc) is 3.24. The molecule has 0 N–H and O–H groups in total. The number of benzene rings is 2. The van der Waals surface area contributed by atoms with Crippen LogP contribution in [0.15, 0.2) is 36.4 Å². The van der Waals surface area contributed by atoms with E-state index in [4.69, 9.17) is 14.2 Å². The Morgan fingerprint density at radius 3 is 1.37 bits per heavy atom. The molecule has 9 heteroatoms. The van der Waals surface area contributed by atoms with E-state index in [0.29, 0.717) is 0 Å². The highest BCUT2D eigenvalue weighted by atomic mass is 16.5. The van der Waals surface area contributed by atoms with E-state index in [-0.39, 0.29) is 60.2 Å². The third-order valence-corrected chi connectivity index (χ3v) is 5.87. The van der Waals surface area contributed by atoms with Gasteiger partial charge in [-0.1, -0.05) is 0 Å². The van der Waals surface area contributed by atoms with Crippen LogP contribution in [0.5, 0.6) is 11.5 Å². The number of ether oxygens (including phenoxy) is 3. The van der Waals surface area contributed by atoms with Crippen molar-refractivity contribution in [3.63, 3.8) is 0 Å². The van der Waals surface area contributed by atoms with Gasteiger partial charge in [0.2, 0.25) is 0 Å². The summed E-state index contributed by atoms with van der Waals surface area (Å²) in [6.07, 6.45) is 0. The summed E-state index contributed by atoms with van der Waals surface area (Å²) < 4.78 is 15.9. The number of Topliss-reactive ketones (excluding diaryl/α,β-unsaturated/α-hetero) is 6. The monoisotopic (exact) mass is 478 g/mol. The molecule has 0 saturated heterocycles. The summed E-state index contributed by atoms with van der Waals surface area (Å²) >= 11 is 0. The maximum Gasteiger partial charge on any atom is 0.182 e. The van der Waals surface area contributed by atoms with Crippen molar-refractivity contribution < 1.29 is 43.0 Å². The van der Waals surface area contributed by atoms with E-state index in [1.54, 1.807) is 13.8 Å². The van der Waals surface area contributed by atoms with Crippen LogP contribution in [-0.4, -0.2) is 61.1 Å². The van der Waals surface area contributed by atoms with Crippen LogP contribution in [0.3, 0.4) is 0 Å². The zero-order valence-corrected chi connectivity index (χ0v) is 19.1. The van der Waals surface area contributed by atoms with Gasteiger partial charge in [0.05, 0.1) is 0 Å². The first-order valence-corrected chi connectivity index (χ1v) is 11.1. The predicted octanol–water partition coefficient (Wildman–Crippen LogP) is 2.68. The molecule has 0 aromatic heterocycles. The van der Waals surface area contributed by atoms with Crippen LogP contribution in [0, 0.1) is 11.8 Å². The summed E-state index contributed by atoms with van der Waals surface area (Å²) in [7, 11) is 0. The molecule has 2 aliphatic rings. The second kappa shape index (κ2) is 9.81. The molecule has 0 spiro atoms. The van der Waals surface area contributed by atoms with E-state index in [0.717, 1.165) is 0 Å². The summed E-state index contributed by atoms with van der Waals surface area (Å²) in [5.41, 5.74) is 0.387. The number of ketones is 6. The maximum absolute atomic E-state index is 12.7. The van der Waals surface area contributed by atoms with Crippen molar-refractivity contribution in [3.05, 3.63) is 58.7 Å². The fourth-order valence-corrected chi connectivity index (χ4v) is 4.16. The average molecular weight is 478 g/mol. The molecule has 0 bridgehead atoms. The van der Waals surface area contributed by atoms with Crippen molar-refractivity contribution in [2.75, 3.05) is 26.4 Å². The van der Waals surface area contributed by atoms with E-state index < -0.39 is 46.5 Å². The van der Waals surface area contributed by atoms with Crippen molar-refractivity contribution in [1.29, 1.82) is 0 Å². The first kappa shape index (κ1) is 24.3. The van der Waals surface area contributed by atoms with Gasteiger partial charge in [-0.15, -0.1) is 0 Å². The summed E-state index contributed by atoms with van der Waals surface area (Å²) in [4.78, 5) is 75.2. The Labute approximate surface area is 200 Å². The molecule has 2 aliphatic carbocycles. The third kappa shape index (κ3) is 4.36. The lowest BCUT2D eigenvalue weighted by Crippen LogP contribution is -2.29. The summed E-state index contributed by atoms with van der Waals surface area (Å²) in [6, 6.07) is 8.46. The van der Waals surface area contributed by atoms with Crippen molar-refractivity contribution in [3.8, 4) is 11.5 Å². The number of fused-ring (bicyclic) bond motifs is 2. The maximum atomic E-state index is 12.7. The number of hydrogen-bond donors (Lipinski definition) is 0. The molecular formula is C26H22O9. The SMILES string of the molecule is CCOCC(=O)C1C(=O)c2ccc(Oc3ccc4c(c3)C(=O)C(C(=O)COCC)C4=O)cc2C1=O. The van der Waals surface area contributed by atoms with Crippen LogP contribution >= 0.6 is 0 Å². The molecule has 0 aliphatic heterocycles. The van der Waals surface area contributed by atoms with E-state index in [9.17, 15) is 28.8 Å². The lowest BCUT2D eigenvalue weighted by molar-refractivity contribution is -0.125. The van der Waals surface area contributed by atoms with Crippen molar-refractivity contribution >= 4 is 34.7 Å². The largest absolute Gasteiger partial charge is 0.457 e. The minimum absolute atomic E-state index is 0.0661. The third-order valence-electron chi connectivity index (χ3n) is 5.87. The molecule has 4 rings (SSSR count). The van der Waals surface area contributed by atoms with Gasteiger partial charge in [0, 0.05) is 35.5 Å². The quantitative estimate of drug-likeness (QED) is 0.473. The van der Waals surface area contributed by atoms with E-state index in [1.165, 1.54) is 36.4 Å². The number of carbonyl (C=O) groups excluding carboxylic acids is 6. The van der Waals surface area contributed by atoms with Gasteiger partial charge in [0.25, 0.3) is 0 Å². The van der Waals surface area contributed by atoms with Gasteiger partial charge < -0.3 is 14.2 Å². The normalized spacial score (nSPS) is 18.6. The Morgan fingerprint density at radius 2 is 1.00 bits per heavy atom. The predicted molar refractivity (Wildman–Crippen MR) is 120 cm³/mol. The molecule has 2 aromatic carbocycles. The van der Waals surface area contributed by atoms with Crippen molar-refractivity contribution in [1.82, 2.24) is 0 Å². The fraction of sp³-hybridized carbons (Fsp3) is 0.308. The molecule has 2 atom stereocenters. The molecular weight excluding hydrogens is 456 g/mol. The van der Waals surface area contributed by atoms with Crippen LogP contribution in [-0.2, 0) is 19.1 Å². The minimum Gasteiger partial charge on any atom is -0.457 e. The first-order chi connectivity index (χ1) is 16.8. The summed E-state index contributed by atoms with van der Waals surface area (Å²) in [5.74, 6) is -6.06. The molecule has 0 heterocycles. The highest BCUT2D eigenvalue weighted by Gasteiger charge is 2.44. The van der Waals surface area contributed by atoms with Crippen molar-refractivity contribution in [2.45, 2.75) is 13.8 Å². The molecule has 35 heavy (non-hydrogen) atoms. The Balaban J connectivity index is 1.54. The summed E-state index contributed by atoms with van der Waals surface area (Å²) in [6.45, 7) is 3.30. The van der Waals surface area contributed by atoms with Crippen LogP contribution in [0.4, 0.5) is 0 Å². The number of carbonyl (C=O) groups is 6. The molecule has 0 radical (unpaired) electrons. The molecule has 2 unspecified atom stereocenters. The number of hydrogen-bond acceptors (Lipinski definition) is 9. The zero-order chi connectivity index (χ0) is 25.3. The second-order valence-corrected chi connectivity index (χ2v) is 8.05. The van der Waals surface area contributed by atoms with Gasteiger partial charge in [-0.3, -0.25) is 28.8 Å². The van der Waals surface area contributed by atoms with Gasteiger partial charge in [-0.2, -0.15) is 0 Å². The topological polar surface area (TPSA) is 130 Å². The van der Waals surface area contributed by atoms with Crippen LogP contribution < -0.4 is 4.74 Å². The van der Waals surface area contributed by atoms with E-state index in [1.807, 2.05) is 0 Å². The highest BCUT2D eigenvalue weighted by molar-refractivity contribution is 6.36. The number of rotatable bonds is 10. The molecule has 0 saturated carbocycles. The highest BCUT2D eigenvalue weighted by Crippen LogP contribution is 2.35. The minimum atomic E-state index is -1.43. The van der Waals surface area contributed by atoms with Gasteiger partial charge in [-0.25, -0.2) is 0 Å². The molecule has 0 fully saturated rings. The van der Waals surface area contributed by atoms with Crippen molar-refractivity contribution in [2.24, 2.45) is 11.8 Å². The van der Waals surface area contributed by atoms with Crippen LogP contribution in [0.2, 0.25) is 0 Å². The Kier molecular flexibility index (Phi) is 6.81. The smallest absolute Gasteiger partial charge is 0.182 e. The summed E-state index contributed by atoms with van der Waals surface area (Å²) in [5, 5.41) is 0. The lowest BCUT2D eigenvalue weighted by atomic mass is 9.99. The molecule has 180 valence electrons.